The normalized spacial score (nSPS) is 14.5. The Hall–Kier alpha value is -2.57. The van der Waals surface area contributed by atoms with Crippen LogP contribution in [0.4, 0.5) is 18.9 Å². The first-order valence-electron chi connectivity index (χ1n) is 7.52. The van der Waals surface area contributed by atoms with E-state index in [0.29, 0.717) is 5.39 Å². The third-order valence-electron chi connectivity index (χ3n) is 3.79. The van der Waals surface area contributed by atoms with Gasteiger partial charge in [0.15, 0.2) is 0 Å². The smallest absolute Gasteiger partial charge is 0.343 e. The van der Waals surface area contributed by atoms with Crippen molar-refractivity contribution in [2.45, 2.75) is 19.0 Å². The van der Waals surface area contributed by atoms with Gasteiger partial charge in [-0.05, 0) is 35.7 Å². The second-order valence-corrected chi connectivity index (χ2v) is 5.81. The quantitative estimate of drug-likeness (QED) is 0.898. The zero-order chi connectivity index (χ0) is 17.3. The Morgan fingerprint density at radius 1 is 1.08 bits per heavy atom. The van der Waals surface area contributed by atoms with E-state index < -0.39 is 18.6 Å². The summed E-state index contributed by atoms with van der Waals surface area (Å²) in [7, 11) is 0. The van der Waals surface area contributed by atoms with Crippen molar-refractivity contribution in [2.24, 2.45) is 5.92 Å². The van der Waals surface area contributed by atoms with Crippen molar-refractivity contribution in [1.29, 1.82) is 0 Å². The van der Waals surface area contributed by atoms with Crippen molar-refractivity contribution in [1.82, 2.24) is 5.32 Å². The lowest BCUT2D eigenvalue weighted by Crippen LogP contribution is -2.34. The Bertz CT molecular complexity index is 798. The molecule has 0 spiro atoms. The van der Waals surface area contributed by atoms with Gasteiger partial charge in [0, 0.05) is 5.92 Å². The van der Waals surface area contributed by atoms with Crippen molar-refractivity contribution >= 4 is 28.3 Å². The van der Waals surface area contributed by atoms with E-state index in [1.807, 2.05) is 5.32 Å². The van der Waals surface area contributed by atoms with Gasteiger partial charge in [-0.3, -0.25) is 9.59 Å². The van der Waals surface area contributed by atoms with Crippen LogP contribution >= 0.6 is 0 Å². The van der Waals surface area contributed by atoms with Crippen LogP contribution < -0.4 is 10.6 Å². The van der Waals surface area contributed by atoms with Crippen LogP contribution in [0.5, 0.6) is 0 Å². The van der Waals surface area contributed by atoms with Crippen molar-refractivity contribution < 1.29 is 22.8 Å². The van der Waals surface area contributed by atoms with Gasteiger partial charge in [-0.2, -0.15) is 13.2 Å². The van der Waals surface area contributed by atoms with E-state index in [1.54, 1.807) is 30.3 Å². The molecule has 1 aliphatic rings. The Morgan fingerprint density at radius 3 is 2.29 bits per heavy atom. The molecule has 0 atom stereocenters. The summed E-state index contributed by atoms with van der Waals surface area (Å²) in [6, 6.07) is 10.2. The van der Waals surface area contributed by atoms with E-state index in [4.69, 9.17) is 0 Å². The molecule has 3 rings (SSSR count). The maximum absolute atomic E-state index is 12.3. The lowest BCUT2D eigenvalue weighted by atomic mass is 10.0. The SMILES string of the molecule is O=C(NCC(F)(F)F)c1cc2ccccc2cc1NC(=O)C1CC1. The third-order valence-corrected chi connectivity index (χ3v) is 3.79. The molecule has 126 valence electrons. The van der Waals surface area contributed by atoms with E-state index in [1.165, 1.54) is 6.07 Å². The zero-order valence-electron chi connectivity index (χ0n) is 12.6. The number of amides is 2. The van der Waals surface area contributed by atoms with Crippen molar-refractivity contribution in [3.63, 3.8) is 0 Å². The molecule has 24 heavy (non-hydrogen) atoms. The second-order valence-electron chi connectivity index (χ2n) is 5.81. The molecular weight excluding hydrogens is 321 g/mol. The number of hydrogen-bond acceptors (Lipinski definition) is 2. The molecule has 4 nitrogen and oxygen atoms in total. The number of carbonyl (C=O) groups is 2. The van der Waals surface area contributed by atoms with Crippen LogP contribution in [0.1, 0.15) is 23.2 Å². The number of alkyl halides is 3. The molecule has 2 aromatic carbocycles. The van der Waals surface area contributed by atoms with Gasteiger partial charge in [-0.15, -0.1) is 0 Å². The van der Waals surface area contributed by atoms with Gasteiger partial charge < -0.3 is 10.6 Å². The predicted molar refractivity (Wildman–Crippen MR) is 83.7 cm³/mol. The molecule has 1 saturated carbocycles. The van der Waals surface area contributed by atoms with Gasteiger partial charge in [0.25, 0.3) is 5.91 Å². The fourth-order valence-corrected chi connectivity index (χ4v) is 2.39. The number of rotatable bonds is 4. The van der Waals surface area contributed by atoms with E-state index in [2.05, 4.69) is 5.32 Å². The van der Waals surface area contributed by atoms with Crippen LogP contribution in [-0.4, -0.2) is 24.5 Å². The molecule has 0 unspecified atom stereocenters. The van der Waals surface area contributed by atoms with Gasteiger partial charge in [0.05, 0.1) is 11.3 Å². The van der Waals surface area contributed by atoms with E-state index in [9.17, 15) is 22.8 Å². The molecule has 2 N–H and O–H groups in total. The molecule has 0 aromatic heterocycles. The molecule has 0 aliphatic heterocycles. The summed E-state index contributed by atoms with van der Waals surface area (Å²) < 4.78 is 37.0. The number of carbonyl (C=O) groups excluding carboxylic acids is 2. The first-order chi connectivity index (χ1) is 11.3. The molecule has 2 amide bonds. The number of hydrogen-bond donors (Lipinski definition) is 2. The van der Waals surface area contributed by atoms with Crippen molar-refractivity contribution in [2.75, 3.05) is 11.9 Å². The number of benzene rings is 2. The Labute approximate surface area is 136 Å². The minimum absolute atomic E-state index is 0.0203. The van der Waals surface area contributed by atoms with Crippen LogP contribution in [0.3, 0.4) is 0 Å². The number of nitrogens with one attached hydrogen (secondary N) is 2. The number of anilines is 1. The average Bonchev–Trinajstić information content (AvgIpc) is 3.36. The van der Waals surface area contributed by atoms with E-state index in [-0.39, 0.29) is 23.1 Å². The summed E-state index contributed by atoms with van der Waals surface area (Å²) in [6.45, 7) is -1.42. The van der Waals surface area contributed by atoms with E-state index >= 15 is 0 Å². The molecule has 0 heterocycles. The molecular formula is C17H15F3N2O2. The van der Waals surface area contributed by atoms with Crippen LogP contribution in [-0.2, 0) is 4.79 Å². The lowest BCUT2D eigenvalue weighted by Gasteiger charge is -2.14. The molecule has 7 heteroatoms. The van der Waals surface area contributed by atoms with Crippen LogP contribution in [0.2, 0.25) is 0 Å². The van der Waals surface area contributed by atoms with Crippen LogP contribution in [0, 0.1) is 5.92 Å². The molecule has 0 saturated heterocycles. The van der Waals surface area contributed by atoms with Gasteiger partial charge >= 0.3 is 6.18 Å². The highest BCUT2D eigenvalue weighted by atomic mass is 19.4. The van der Waals surface area contributed by atoms with Gasteiger partial charge in [-0.1, -0.05) is 24.3 Å². The topological polar surface area (TPSA) is 58.2 Å². The van der Waals surface area contributed by atoms with Crippen molar-refractivity contribution in [3.05, 3.63) is 42.0 Å². The Balaban J connectivity index is 1.92. The van der Waals surface area contributed by atoms with Crippen LogP contribution in [0.15, 0.2) is 36.4 Å². The summed E-state index contributed by atoms with van der Waals surface area (Å²) in [5, 5.41) is 6.00. The first-order valence-corrected chi connectivity index (χ1v) is 7.52. The minimum atomic E-state index is -4.50. The fraction of sp³-hybridized carbons (Fsp3) is 0.294. The Morgan fingerprint density at radius 2 is 1.71 bits per heavy atom. The maximum Gasteiger partial charge on any atom is 0.405 e. The average molecular weight is 336 g/mol. The molecule has 0 bridgehead atoms. The summed E-state index contributed by atoms with van der Waals surface area (Å²) >= 11 is 0. The Kier molecular flexibility index (Phi) is 4.17. The van der Waals surface area contributed by atoms with Gasteiger partial charge in [-0.25, -0.2) is 0 Å². The number of fused-ring (bicyclic) bond motifs is 1. The minimum Gasteiger partial charge on any atom is -0.343 e. The molecule has 0 radical (unpaired) electrons. The van der Waals surface area contributed by atoms with Gasteiger partial charge in [0.2, 0.25) is 5.91 Å². The fourth-order valence-electron chi connectivity index (χ4n) is 2.39. The predicted octanol–water partition coefficient (Wildman–Crippen LogP) is 3.48. The highest BCUT2D eigenvalue weighted by molar-refractivity contribution is 6.08. The van der Waals surface area contributed by atoms with E-state index in [0.717, 1.165) is 18.2 Å². The molecule has 1 aliphatic carbocycles. The second kappa shape index (κ2) is 6.14. The maximum atomic E-state index is 12.3. The molecule has 1 fully saturated rings. The van der Waals surface area contributed by atoms with Crippen LogP contribution in [0.25, 0.3) is 10.8 Å². The van der Waals surface area contributed by atoms with Gasteiger partial charge in [0.1, 0.15) is 6.54 Å². The summed E-state index contributed by atoms with van der Waals surface area (Å²) in [5.74, 6) is -1.16. The highest BCUT2D eigenvalue weighted by Gasteiger charge is 2.31. The largest absolute Gasteiger partial charge is 0.405 e. The zero-order valence-corrected chi connectivity index (χ0v) is 12.6. The summed E-state index contributed by atoms with van der Waals surface area (Å²) in [5.41, 5.74) is 0.247. The third kappa shape index (κ3) is 3.84. The highest BCUT2D eigenvalue weighted by Crippen LogP contribution is 2.32. The monoisotopic (exact) mass is 336 g/mol. The number of halogens is 3. The summed E-state index contributed by atoms with van der Waals surface area (Å²) in [6.07, 6.45) is -2.92. The molecule has 2 aromatic rings. The first kappa shape index (κ1) is 16.3. The lowest BCUT2D eigenvalue weighted by molar-refractivity contribution is -0.123. The standard InChI is InChI=1S/C17H15F3N2O2/c18-17(19,20)9-21-16(24)13-7-11-3-1-2-4-12(11)8-14(13)22-15(23)10-5-6-10/h1-4,7-8,10H,5-6,9H2,(H,21,24)(H,22,23). The summed E-state index contributed by atoms with van der Waals surface area (Å²) in [4.78, 5) is 24.1. The van der Waals surface area contributed by atoms with Crippen molar-refractivity contribution in [3.8, 4) is 0 Å².